The topological polar surface area (TPSA) is 70.6 Å². The third-order valence-electron chi connectivity index (χ3n) is 6.69. The van der Waals surface area contributed by atoms with Gasteiger partial charge in [-0.2, -0.15) is 0 Å². The smallest absolute Gasteiger partial charge is 0.321 e. The van der Waals surface area contributed by atoms with Crippen molar-refractivity contribution in [2.45, 2.75) is 0 Å². The van der Waals surface area contributed by atoms with E-state index in [0.29, 0.717) is 26.2 Å². The van der Waals surface area contributed by atoms with E-state index in [1.54, 1.807) is 0 Å². The normalized spacial score (nSPS) is 13.4. The molecule has 7 heteroatoms. The minimum atomic E-state index is -0.112. The minimum absolute atomic E-state index is 0.112. The Morgan fingerprint density at radius 1 is 0.684 bits per heavy atom. The van der Waals surface area contributed by atoms with Crippen molar-refractivity contribution in [3.63, 3.8) is 0 Å². The molecule has 38 heavy (non-hydrogen) atoms. The van der Waals surface area contributed by atoms with Crippen LogP contribution in [-0.4, -0.2) is 47.3 Å². The summed E-state index contributed by atoms with van der Waals surface area (Å²) >= 11 is 0. The molecule has 5 aromatic rings. The maximum absolute atomic E-state index is 12.8. The van der Waals surface area contributed by atoms with Crippen molar-refractivity contribution in [1.29, 1.82) is 0 Å². The second-order valence-corrected chi connectivity index (χ2v) is 9.15. The fourth-order valence-electron chi connectivity index (χ4n) is 4.66. The molecular formula is C31H27N5O2. The zero-order chi connectivity index (χ0) is 25.7. The summed E-state index contributed by atoms with van der Waals surface area (Å²) in [5, 5.41) is 14.4. The number of piperazine rings is 1. The standard InChI is InChI=1S/C31H27N5O2/c37-31(32-24-13-15-26(16-14-24)38-25-9-2-1-3-10-25)36-21-19-35(20-22-36)30-18-17-29(33-34-30)28-12-6-8-23-7-4-5-11-27(23)28/h1-18H,19-22H2,(H,32,37). The molecule has 0 saturated carbocycles. The fourth-order valence-corrected chi connectivity index (χ4v) is 4.66. The summed E-state index contributed by atoms with van der Waals surface area (Å²) in [7, 11) is 0. The highest BCUT2D eigenvalue weighted by Gasteiger charge is 2.22. The Morgan fingerprint density at radius 2 is 1.39 bits per heavy atom. The van der Waals surface area contributed by atoms with Crippen LogP contribution in [0.25, 0.3) is 22.0 Å². The highest BCUT2D eigenvalue weighted by molar-refractivity contribution is 5.95. The first kappa shape index (κ1) is 23.5. The van der Waals surface area contributed by atoms with Crippen LogP contribution >= 0.6 is 0 Å². The Balaban J connectivity index is 1.04. The molecule has 0 unspecified atom stereocenters. The number of hydrogen-bond acceptors (Lipinski definition) is 5. The van der Waals surface area contributed by atoms with Crippen LogP contribution in [0.5, 0.6) is 11.5 Å². The maximum Gasteiger partial charge on any atom is 0.321 e. The van der Waals surface area contributed by atoms with E-state index in [9.17, 15) is 4.79 Å². The molecule has 1 aliphatic heterocycles. The number of carbonyl (C=O) groups is 1. The summed E-state index contributed by atoms with van der Waals surface area (Å²) in [5.74, 6) is 2.31. The van der Waals surface area contributed by atoms with Crippen LogP contribution in [0, 0.1) is 0 Å². The van der Waals surface area contributed by atoms with E-state index in [1.165, 1.54) is 5.39 Å². The Bertz CT molecular complexity index is 1530. The number of benzene rings is 4. The first-order valence-electron chi connectivity index (χ1n) is 12.7. The van der Waals surface area contributed by atoms with E-state index in [1.807, 2.05) is 89.8 Å². The van der Waals surface area contributed by atoms with Gasteiger partial charge in [-0.05, 0) is 59.3 Å². The number of ether oxygens (including phenoxy) is 1. The number of rotatable bonds is 5. The molecule has 0 radical (unpaired) electrons. The molecule has 2 heterocycles. The number of para-hydroxylation sites is 1. The van der Waals surface area contributed by atoms with Crippen molar-refractivity contribution in [1.82, 2.24) is 15.1 Å². The molecule has 1 saturated heterocycles. The molecule has 1 aromatic heterocycles. The van der Waals surface area contributed by atoms with E-state index < -0.39 is 0 Å². The van der Waals surface area contributed by atoms with Gasteiger partial charge in [0.25, 0.3) is 0 Å². The van der Waals surface area contributed by atoms with Crippen LogP contribution in [0.1, 0.15) is 0 Å². The van der Waals surface area contributed by atoms with Crippen molar-refractivity contribution in [2.75, 3.05) is 36.4 Å². The summed E-state index contributed by atoms with van der Waals surface area (Å²) < 4.78 is 5.82. The summed E-state index contributed by atoms with van der Waals surface area (Å²) in [4.78, 5) is 16.8. The van der Waals surface area contributed by atoms with Crippen LogP contribution in [-0.2, 0) is 0 Å². The Morgan fingerprint density at radius 3 is 2.16 bits per heavy atom. The largest absolute Gasteiger partial charge is 0.457 e. The van der Waals surface area contributed by atoms with Crippen LogP contribution in [0.4, 0.5) is 16.3 Å². The lowest BCUT2D eigenvalue weighted by Crippen LogP contribution is -2.50. The second kappa shape index (κ2) is 10.6. The van der Waals surface area contributed by atoms with E-state index in [4.69, 9.17) is 4.74 Å². The number of nitrogens with zero attached hydrogens (tertiary/aromatic N) is 4. The molecular weight excluding hydrogens is 474 g/mol. The number of carbonyl (C=O) groups excluding carboxylic acids is 1. The van der Waals surface area contributed by atoms with Gasteiger partial charge in [0, 0.05) is 37.4 Å². The predicted molar refractivity (Wildman–Crippen MR) is 151 cm³/mol. The van der Waals surface area contributed by atoms with Gasteiger partial charge >= 0.3 is 6.03 Å². The highest BCUT2D eigenvalue weighted by atomic mass is 16.5. The van der Waals surface area contributed by atoms with E-state index >= 15 is 0 Å². The third-order valence-corrected chi connectivity index (χ3v) is 6.69. The van der Waals surface area contributed by atoms with Crippen molar-refractivity contribution < 1.29 is 9.53 Å². The van der Waals surface area contributed by atoms with Gasteiger partial charge in [-0.25, -0.2) is 4.79 Å². The molecule has 0 bridgehead atoms. The molecule has 4 aromatic carbocycles. The number of fused-ring (bicyclic) bond motifs is 1. The van der Waals surface area contributed by atoms with Crippen molar-refractivity contribution in [3.05, 3.63) is 109 Å². The number of urea groups is 1. The lowest BCUT2D eigenvalue weighted by molar-refractivity contribution is 0.208. The van der Waals surface area contributed by atoms with E-state index in [2.05, 4.69) is 44.7 Å². The number of aromatic nitrogens is 2. The summed E-state index contributed by atoms with van der Waals surface area (Å²) in [6.07, 6.45) is 0. The summed E-state index contributed by atoms with van der Waals surface area (Å²) in [6, 6.07) is 35.4. The molecule has 2 amide bonds. The van der Waals surface area contributed by atoms with Gasteiger partial charge in [-0.15, -0.1) is 10.2 Å². The second-order valence-electron chi connectivity index (χ2n) is 9.15. The zero-order valence-corrected chi connectivity index (χ0v) is 20.8. The Kier molecular flexibility index (Phi) is 6.55. The van der Waals surface area contributed by atoms with Gasteiger partial charge in [0.1, 0.15) is 11.5 Å². The van der Waals surface area contributed by atoms with Gasteiger partial charge in [0.2, 0.25) is 0 Å². The quantitative estimate of drug-likeness (QED) is 0.300. The maximum atomic E-state index is 12.8. The van der Waals surface area contributed by atoms with Gasteiger partial charge in [-0.3, -0.25) is 0 Å². The monoisotopic (exact) mass is 501 g/mol. The number of anilines is 2. The summed E-state index contributed by atoms with van der Waals surface area (Å²) in [6.45, 7) is 2.60. The first-order chi connectivity index (χ1) is 18.7. The highest BCUT2D eigenvalue weighted by Crippen LogP contribution is 2.28. The molecule has 6 rings (SSSR count). The van der Waals surface area contributed by atoms with Crippen LogP contribution in [0.3, 0.4) is 0 Å². The van der Waals surface area contributed by atoms with Crippen LogP contribution in [0.2, 0.25) is 0 Å². The van der Waals surface area contributed by atoms with Crippen molar-refractivity contribution >= 4 is 28.3 Å². The lowest BCUT2D eigenvalue weighted by atomic mass is 10.0. The van der Waals surface area contributed by atoms with Gasteiger partial charge in [-0.1, -0.05) is 60.7 Å². The van der Waals surface area contributed by atoms with Gasteiger partial charge < -0.3 is 19.9 Å². The molecule has 0 spiro atoms. The average Bonchev–Trinajstić information content (AvgIpc) is 2.98. The minimum Gasteiger partial charge on any atom is -0.457 e. The number of nitrogens with one attached hydrogen (secondary N) is 1. The molecule has 1 N–H and O–H groups in total. The first-order valence-corrected chi connectivity index (χ1v) is 12.7. The molecule has 0 aliphatic carbocycles. The average molecular weight is 502 g/mol. The molecule has 1 aliphatic rings. The Labute approximate surface area is 221 Å². The van der Waals surface area contributed by atoms with Crippen LogP contribution in [0.15, 0.2) is 109 Å². The SMILES string of the molecule is O=C(Nc1ccc(Oc2ccccc2)cc1)N1CCN(c2ccc(-c3cccc4ccccc34)nn2)CC1. The molecule has 188 valence electrons. The van der Waals surface area contributed by atoms with Gasteiger partial charge in [0.05, 0.1) is 5.69 Å². The zero-order valence-electron chi connectivity index (χ0n) is 20.8. The Hall–Kier alpha value is -4.91. The summed E-state index contributed by atoms with van der Waals surface area (Å²) in [5.41, 5.74) is 2.65. The van der Waals surface area contributed by atoms with Crippen LogP contribution < -0.4 is 15.0 Å². The van der Waals surface area contributed by atoms with E-state index in [0.717, 1.165) is 39.6 Å². The predicted octanol–water partition coefficient (Wildman–Crippen LogP) is 6.44. The number of amides is 2. The van der Waals surface area contributed by atoms with Crippen molar-refractivity contribution in [3.8, 4) is 22.8 Å². The molecule has 0 atom stereocenters. The van der Waals surface area contributed by atoms with Gasteiger partial charge in [0.15, 0.2) is 5.82 Å². The lowest BCUT2D eigenvalue weighted by Gasteiger charge is -2.35. The molecule has 7 nitrogen and oxygen atoms in total. The molecule has 1 fully saturated rings. The van der Waals surface area contributed by atoms with Crippen molar-refractivity contribution in [2.24, 2.45) is 0 Å². The van der Waals surface area contributed by atoms with E-state index in [-0.39, 0.29) is 6.03 Å². The third kappa shape index (κ3) is 5.13. The fraction of sp³-hybridized carbons (Fsp3) is 0.129. The number of hydrogen-bond donors (Lipinski definition) is 1.